The van der Waals surface area contributed by atoms with Crippen molar-refractivity contribution < 1.29 is 22.4 Å². The van der Waals surface area contributed by atoms with Crippen molar-refractivity contribution in [1.29, 1.82) is 0 Å². The molecule has 4 aromatic carbocycles. The van der Waals surface area contributed by atoms with Crippen LogP contribution in [-0.4, -0.2) is 0 Å². The molecule has 0 aliphatic carbocycles. The lowest BCUT2D eigenvalue weighted by Crippen LogP contribution is -2.23. The highest BCUT2D eigenvalue weighted by atomic mass is 31.2. The van der Waals surface area contributed by atoms with Crippen LogP contribution in [0.2, 0.25) is 0 Å². The Morgan fingerprint density at radius 1 is 0.292 bits per heavy atom. The van der Waals surface area contributed by atoms with Crippen molar-refractivity contribution in [2.45, 2.75) is 222 Å². The molecule has 0 aromatic heterocycles. The molecule has 0 unspecified atom stereocenters. The molecule has 356 valence electrons. The fraction of sp³-hybridized carbons (Fsp3) is 0.586. The molecule has 0 N–H and O–H groups in total. The molecule has 2 heterocycles. The molecule has 5 nitrogen and oxygen atoms in total. The Balaban J connectivity index is 1.67. The zero-order valence-corrected chi connectivity index (χ0v) is 46.8. The molecule has 6 rings (SSSR count). The molecule has 0 saturated carbocycles. The fourth-order valence-corrected chi connectivity index (χ4v) is 11.0. The first-order chi connectivity index (χ1) is 29.2. The van der Waals surface area contributed by atoms with Gasteiger partial charge < -0.3 is 18.1 Å². The minimum absolute atomic E-state index is 0.0818. The van der Waals surface area contributed by atoms with Gasteiger partial charge in [0.2, 0.25) is 0 Å². The van der Waals surface area contributed by atoms with Crippen LogP contribution >= 0.6 is 17.2 Å². The molecule has 2 aliphatic rings. The predicted molar refractivity (Wildman–Crippen MR) is 278 cm³/mol. The van der Waals surface area contributed by atoms with Crippen molar-refractivity contribution in [2.24, 2.45) is 0 Å². The zero-order chi connectivity index (χ0) is 49.0. The van der Waals surface area contributed by atoms with E-state index in [2.05, 4.69) is 215 Å². The fourth-order valence-electron chi connectivity index (χ4n) is 8.54. The van der Waals surface area contributed by atoms with Crippen molar-refractivity contribution in [2.75, 3.05) is 0 Å². The largest absolute Gasteiger partial charge is 0.471 e. The average Bonchev–Trinajstić information content (AvgIpc) is 3.08. The predicted octanol–water partition coefficient (Wildman–Crippen LogP) is 18.0. The van der Waals surface area contributed by atoms with Crippen molar-refractivity contribution in [3.05, 3.63) is 115 Å². The van der Waals surface area contributed by atoms with Gasteiger partial charge in [-0.25, -0.2) is 0 Å². The van der Waals surface area contributed by atoms with Crippen molar-refractivity contribution in [3.63, 3.8) is 0 Å². The Kier molecular flexibility index (Phi) is 13.3. The number of fused-ring (bicyclic) bond motifs is 4. The minimum atomic E-state index is -2.16. The summed E-state index contributed by atoms with van der Waals surface area (Å²) in [6.07, 6.45) is 1.32. The summed E-state index contributed by atoms with van der Waals surface area (Å²) in [5.74, 6) is 3.27. The molecule has 0 fully saturated rings. The first-order valence-corrected chi connectivity index (χ1v) is 26.1. The summed E-state index contributed by atoms with van der Waals surface area (Å²) in [7, 11) is -4.32. The Hall–Kier alpha value is -3.10. The van der Waals surface area contributed by atoms with Crippen LogP contribution in [0, 0.1) is 0 Å². The molecule has 0 spiro atoms. The van der Waals surface area contributed by atoms with E-state index >= 15 is 0 Å². The van der Waals surface area contributed by atoms with Crippen LogP contribution < -0.4 is 18.1 Å². The van der Waals surface area contributed by atoms with E-state index in [1.54, 1.807) is 0 Å². The highest BCUT2D eigenvalue weighted by molar-refractivity contribution is 7.56. The summed E-state index contributed by atoms with van der Waals surface area (Å²) in [5.41, 5.74) is 12.8. The third-order valence-corrected chi connectivity index (χ3v) is 15.3. The molecule has 0 bridgehead atoms. The van der Waals surface area contributed by atoms with Gasteiger partial charge in [0.1, 0.15) is 23.0 Å². The van der Waals surface area contributed by atoms with E-state index in [9.17, 15) is 0 Å². The maximum Gasteiger partial charge on any atom is 0.471 e. The van der Waals surface area contributed by atoms with Crippen LogP contribution in [0.5, 0.6) is 23.0 Å². The van der Waals surface area contributed by atoms with Gasteiger partial charge in [-0.15, -0.1) is 0 Å². The molecule has 7 heteroatoms. The Labute approximate surface area is 398 Å². The lowest BCUT2D eigenvalue weighted by atomic mass is 9.76. The SMILES string of the molecule is CC(C)(C)c1cc2c(c(C(C)(C)C)c1)OP(OP1Oc3c(cc(C(C)(C)C)cc3C(C)(C)C)Cc3cc(C(C)(C)C)cc(C(C)(C)C)c3O1)Oc1c(cc(C(C)(C)C)cc1C(C)(C)C)C2. The second-order valence-corrected chi connectivity index (χ2v) is 29.6. The van der Waals surface area contributed by atoms with Crippen LogP contribution in [0.25, 0.3) is 0 Å². The van der Waals surface area contributed by atoms with Crippen molar-refractivity contribution in [3.8, 4) is 23.0 Å². The maximum atomic E-state index is 7.33. The maximum absolute atomic E-state index is 7.33. The second kappa shape index (κ2) is 16.8. The van der Waals surface area contributed by atoms with Gasteiger partial charge >= 0.3 is 17.2 Å². The van der Waals surface area contributed by atoms with E-state index in [1.807, 2.05) is 0 Å². The summed E-state index contributed by atoms with van der Waals surface area (Å²) in [6, 6.07) is 18.8. The number of hydrogen-bond donors (Lipinski definition) is 0. The third kappa shape index (κ3) is 11.3. The van der Waals surface area contributed by atoms with Crippen LogP contribution in [0.1, 0.15) is 233 Å². The summed E-state index contributed by atoms with van der Waals surface area (Å²) in [6.45, 7) is 54.7. The molecule has 65 heavy (non-hydrogen) atoms. The summed E-state index contributed by atoms with van der Waals surface area (Å²) in [5, 5.41) is 0. The second-order valence-electron chi connectivity index (χ2n) is 27.3. The van der Waals surface area contributed by atoms with E-state index in [4.69, 9.17) is 22.4 Å². The first kappa shape index (κ1) is 51.3. The summed E-state index contributed by atoms with van der Waals surface area (Å²) < 4.78 is 36.7. The lowest BCUT2D eigenvalue weighted by molar-refractivity contribution is 0.326. The average molecular weight is 923 g/mol. The van der Waals surface area contributed by atoms with Crippen LogP contribution in [0.15, 0.2) is 48.5 Å². The highest BCUT2D eigenvalue weighted by Crippen LogP contribution is 2.62. The van der Waals surface area contributed by atoms with E-state index in [1.165, 1.54) is 22.3 Å². The molecule has 4 aromatic rings. The third-order valence-electron chi connectivity index (χ3n) is 12.9. The number of benzene rings is 4. The van der Waals surface area contributed by atoms with E-state index in [-0.39, 0.29) is 43.3 Å². The zero-order valence-electron chi connectivity index (χ0n) is 45.0. The van der Waals surface area contributed by atoms with Gasteiger partial charge in [0.25, 0.3) is 0 Å². The molecular formula is C58H84O5P2. The molecule has 0 saturated heterocycles. The van der Waals surface area contributed by atoms with Crippen molar-refractivity contribution in [1.82, 2.24) is 0 Å². The van der Waals surface area contributed by atoms with Gasteiger partial charge in [-0.2, -0.15) is 4.31 Å². The summed E-state index contributed by atoms with van der Waals surface area (Å²) >= 11 is 0. The minimum Gasteiger partial charge on any atom is -0.417 e. The quantitative estimate of drug-likeness (QED) is 0.188. The van der Waals surface area contributed by atoms with Gasteiger partial charge in [-0.05, 0) is 87.8 Å². The topological polar surface area (TPSA) is 46.2 Å². The Bertz CT molecular complexity index is 2100. The highest BCUT2D eigenvalue weighted by Gasteiger charge is 2.41. The molecule has 0 radical (unpaired) electrons. The van der Waals surface area contributed by atoms with Gasteiger partial charge in [0.05, 0.1) is 0 Å². The van der Waals surface area contributed by atoms with Gasteiger partial charge in [0, 0.05) is 35.1 Å². The molecular weight excluding hydrogens is 839 g/mol. The monoisotopic (exact) mass is 923 g/mol. The molecule has 0 amide bonds. The smallest absolute Gasteiger partial charge is 0.417 e. The molecule has 2 aliphatic heterocycles. The normalized spacial score (nSPS) is 16.0. The van der Waals surface area contributed by atoms with E-state index in [0.29, 0.717) is 12.8 Å². The summed E-state index contributed by atoms with van der Waals surface area (Å²) in [4.78, 5) is 0. The Morgan fingerprint density at radius 3 is 0.631 bits per heavy atom. The first-order valence-electron chi connectivity index (χ1n) is 23.9. The van der Waals surface area contributed by atoms with E-state index < -0.39 is 17.2 Å². The number of rotatable bonds is 2. The van der Waals surface area contributed by atoms with Crippen LogP contribution in [0.4, 0.5) is 0 Å². The van der Waals surface area contributed by atoms with Gasteiger partial charge in [-0.3, -0.25) is 0 Å². The standard InChI is InChI=1S/C58H84O5P2/c1-51(2,3)39-27-35-25-36-28-40(52(4,5)6)32-44(56(16,17)18)48(36)60-64(59-47(35)43(31-39)55(13,14)15)63-65-61-49-37(29-41(53(7,8)9)33-45(49)57(19,20)21)26-38-30-42(54(10,11)12)34-46(50(38)62-65)58(22,23)24/h27-34H,25-26H2,1-24H3. The van der Waals surface area contributed by atoms with E-state index in [0.717, 1.165) is 67.5 Å². The van der Waals surface area contributed by atoms with Gasteiger partial charge in [-0.1, -0.05) is 215 Å². The van der Waals surface area contributed by atoms with Crippen LogP contribution in [-0.2, 0) is 60.5 Å². The Morgan fingerprint density at radius 2 is 0.477 bits per heavy atom. The lowest BCUT2D eigenvalue weighted by Gasteiger charge is -2.36. The van der Waals surface area contributed by atoms with Crippen molar-refractivity contribution >= 4 is 17.2 Å². The molecule has 0 atom stereocenters. The number of hydrogen-bond acceptors (Lipinski definition) is 5. The van der Waals surface area contributed by atoms with Gasteiger partial charge in [0.15, 0.2) is 0 Å². The van der Waals surface area contributed by atoms with Crippen LogP contribution in [0.3, 0.4) is 0 Å².